The summed E-state index contributed by atoms with van der Waals surface area (Å²) in [5, 5.41) is 7.38. The van der Waals surface area contributed by atoms with Crippen molar-refractivity contribution in [3.05, 3.63) is 59.1 Å². The minimum atomic E-state index is -0.0161. The van der Waals surface area contributed by atoms with Gasteiger partial charge in [-0.2, -0.15) is 0 Å². The molecule has 2 N–H and O–H groups in total. The molecule has 0 radical (unpaired) electrons. The highest BCUT2D eigenvalue weighted by Gasteiger charge is 2.24. The molecule has 1 atom stereocenters. The molecule has 6 nitrogen and oxygen atoms in total. The first-order valence-electron chi connectivity index (χ1n) is 9.33. The summed E-state index contributed by atoms with van der Waals surface area (Å²) in [4.78, 5) is 18.3. The standard InChI is InChI=1S/C21H25ClN4O2/c1-15(16-8-10-17(22)11-9-16)25-21(23-2)24-12-5-13-26-18-6-3-4-7-19(18)28-14-20(26)27/h3-4,6-11,15H,5,12-14H2,1-2H3,(H2,23,24,25). The van der Waals surface area contributed by atoms with Crippen LogP contribution in [0.3, 0.4) is 0 Å². The molecule has 2 aromatic rings. The third kappa shape index (κ3) is 4.95. The molecule has 0 saturated heterocycles. The maximum Gasteiger partial charge on any atom is 0.265 e. The highest BCUT2D eigenvalue weighted by Crippen LogP contribution is 2.31. The van der Waals surface area contributed by atoms with E-state index < -0.39 is 0 Å². The zero-order valence-electron chi connectivity index (χ0n) is 16.1. The van der Waals surface area contributed by atoms with Gasteiger partial charge in [0.05, 0.1) is 11.7 Å². The van der Waals surface area contributed by atoms with Gasteiger partial charge in [0, 0.05) is 25.2 Å². The molecule has 1 aliphatic heterocycles. The van der Waals surface area contributed by atoms with E-state index in [2.05, 4.69) is 22.5 Å². The highest BCUT2D eigenvalue weighted by atomic mass is 35.5. The van der Waals surface area contributed by atoms with Crippen LogP contribution in [0.5, 0.6) is 5.75 Å². The first-order chi connectivity index (χ1) is 13.6. The Kier molecular flexibility index (Phi) is 6.76. The molecule has 1 aliphatic rings. The molecule has 148 valence electrons. The summed E-state index contributed by atoms with van der Waals surface area (Å²) < 4.78 is 5.48. The van der Waals surface area contributed by atoms with E-state index in [-0.39, 0.29) is 18.6 Å². The van der Waals surface area contributed by atoms with E-state index in [0.717, 1.165) is 34.4 Å². The van der Waals surface area contributed by atoms with Crippen LogP contribution >= 0.6 is 11.6 Å². The number of ether oxygens (including phenoxy) is 1. The van der Waals surface area contributed by atoms with Gasteiger partial charge in [-0.1, -0.05) is 35.9 Å². The van der Waals surface area contributed by atoms with Crippen LogP contribution in [0, 0.1) is 0 Å². The predicted octanol–water partition coefficient (Wildman–Crippen LogP) is 3.38. The van der Waals surface area contributed by atoms with E-state index in [4.69, 9.17) is 16.3 Å². The van der Waals surface area contributed by atoms with Crippen molar-refractivity contribution >= 4 is 29.2 Å². The van der Waals surface area contributed by atoms with Crippen LogP contribution in [0.4, 0.5) is 5.69 Å². The van der Waals surface area contributed by atoms with Crippen molar-refractivity contribution in [3.63, 3.8) is 0 Å². The van der Waals surface area contributed by atoms with Gasteiger partial charge in [-0.05, 0) is 43.2 Å². The number of nitrogens with zero attached hydrogens (tertiary/aromatic N) is 2. The maximum atomic E-state index is 12.2. The van der Waals surface area contributed by atoms with Crippen LogP contribution in [0.2, 0.25) is 5.02 Å². The fourth-order valence-corrected chi connectivity index (χ4v) is 3.20. The molecule has 0 fully saturated rings. The van der Waals surface area contributed by atoms with E-state index in [9.17, 15) is 4.79 Å². The lowest BCUT2D eigenvalue weighted by molar-refractivity contribution is -0.121. The number of hydrogen-bond donors (Lipinski definition) is 2. The van der Waals surface area contributed by atoms with Crippen molar-refractivity contribution in [3.8, 4) is 5.75 Å². The van der Waals surface area contributed by atoms with Crippen LogP contribution in [0.25, 0.3) is 0 Å². The summed E-state index contributed by atoms with van der Waals surface area (Å²) in [7, 11) is 1.74. The molecule has 1 heterocycles. The largest absolute Gasteiger partial charge is 0.482 e. The summed E-state index contributed by atoms with van der Waals surface area (Å²) in [5.41, 5.74) is 1.96. The fraction of sp³-hybridized carbons (Fsp3) is 0.333. The molecule has 0 spiro atoms. The van der Waals surface area contributed by atoms with Crippen LogP contribution in [0.1, 0.15) is 24.9 Å². The van der Waals surface area contributed by atoms with Crippen molar-refractivity contribution in [2.45, 2.75) is 19.4 Å². The molecule has 1 unspecified atom stereocenters. The number of aliphatic imine (C=N–C) groups is 1. The van der Waals surface area contributed by atoms with E-state index in [0.29, 0.717) is 13.1 Å². The lowest BCUT2D eigenvalue weighted by Gasteiger charge is -2.29. The minimum Gasteiger partial charge on any atom is -0.482 e. The zero-order valence-corrected chi connectivity index (χ0v) is 16.9. The minimum absolute atomic E-state index is 0.0161. The van der Waals surface area contributed by atoms with Crippen molar-refractivity contribution in [2.75, 3.05) is 31.6 Å². The number of guanidine groups is 1. The molecule has 0 bridgehead atoms. The van der Waals surface area contributed by atoms with Crippen LogP contribution in [0.15, 0.2) is 53.5 Å². The molecule has 28 heavy (non-hydrogen) atoms. The van der Waals surface area contributed by atoms with Gasteiger partial charge in [0.2, 0.25) is 0 Å². The Labute approximate surface area is 170 Å². The third-order valence-electron chi connectivity index (χ3n) is 4.61. The third-order valence-corrected chi connectivity index (χ3v) is 4.86. The van der Waals surface area contributed by atoms with Gasteiger partial charge in [0.15, 0.2) is 12.6 Å². The number of carbonyl (C=O) groups is 1. The SMILES string of the molecule is CN=C(NCCCN1C(=O)COc2ccccc21)NC(C)c1ccc(Cl)cc1. The average molecular weight is 401 g/mol. The summed E-state index contributed by atoms with van der Waals surface area (Å²) >= 11 is 5.95. The van der Waals surface area contributed by atoms with Crippen LogP contribution < -0.4 is 20.3 Å². The van der Waals surface area contributed by atoms with Crippen molar-refractivity contribution in [1.82, 2.24) is 10.6 Å². The normalized spacial score (nSPS) is 14.9. The van der Waals surface area contributed by atoms with Crippen molar-refractivity contribution < 1.29 is 9.53 Å². The van der Waals surface area contributed by atoms with E-state index in [1.54, 1.807) is 11.9 Å². The van der Waals surface area contributed by atoms with Crippen molar-refractivity contribution in [1.29, 1.82) is 0 Å². The Bertz CT molecular complexity index is 839. The van der Waals surface area contributed by atoms with E-state index in [1.165, 1.54) is 0 Å². The highest BCUT2D eigenvalue weighted by molar-refractivity contribution is 6.30. The summed E-state index contributed by atoms with van der Waals surface area (Å²) in [5.74, 6) is 1.46. The Morgan fingerprint density at radius 2 is 2.00 bits per heavy atom. The molecule has 0 aliphatic carbocycles. The number of rotatable bonds is 6. The van der Waals surface area contributed by atoms with Gasteiger partial charge in [-0.25, -0.2) is 0 Å². The summed E-state index contributed by atoms with van der Waals surface area (Å²) in [6, 6.07) is 15.5. The fourth-order valence-electron chi connectivity index (χ4n) is 3.08. The van der Waals surface area contributed by atoms with E-state index in [1.807, 2.05) is 48.5 Å². The Morgan fingerprint density at radius 1 is 1.25 bits per heavy atom. The molecule has 0 aromatic heterocycles. The van der Waals surface area contributed by atoms with Gasteiger partial charge in [-0.15, -0.1) is 0 Å². The van der Waals surface area contributed by atoms with Gasteiger partial charge >= 0.3 is 0 Å². The Hall–Kier alpha value is -2.73. The second-order valence-electron chi connectivity index (χ2n) is 6.57. The number of hydrogen-bond acceptors (Lipinski definition) is 3. The molecular weight excluding hydrogens is 376 g/mol. The van der Waals surface area contributed by atoms with Gasteiger partial charge < -0.3 is 20.3 Å². The number of anilines is 1. The summed E-state index contributed by atoms with van der Waals surface area (Å²) in [6.45, 7) is 3.47. The number of halogens is 1. The molecule has 7 heteroatoms. The maximum absolute atomic E-state index is 12.2. The van der Waals surface area contributed by atoms with Crippen LogP contribution in [-0.4, -0.2) is 38.6 Å². The van der Waals surface area contributed by atoms with E-state index >= 15 is 0 Å². The smallest absolute Gasteiger partial charge is 0.265 e. The van der Waals surface area contributed by atoms with Crippen molar-refractivity contribution in [2.24, 2.45) is 4.99 Å². The van der Waals surface area contributed by atoms with Gasteiger partial charge in [-0.3, -0.25) is 9.79 Å². The lowest BCUT2D eigenvalue weighted by atomic mass is 10.1. The van der Waals surface area contributed by atoms with Crippen LogP contribution in [-0.2, 0) is 4.79 Å². The van der Waals surface area contributed by atoms with Gasteiger partial charge in [0.25, 0.3) is 5.91 Å². The average Bonchev–Trinajstić information content (AvgIpc) is 2.71. The predicted molar refractivity (Wildman–Crippen MR) is 113 cm³/mol. The molecule has 2 aromatic carbocycles. The number of fused-ring (bicyclic) bond motifs is 1. The summed E-state index contributed by atoms with van der Waals surface area (Å²) in [6.07, 6.45) is 0.788. The first-order valence-corrected chi connectivity index (χ1v) is 9.71. The molecule has 1 amide bonds. The second-order valence-corrected chi connectivity index (χ2v) is 7.01. The molecule has 0 saturated carbocycles. The van der Waals surface area contributed by atoms with Gasteiger partial charge in [0.1, 0.15) is 5.75 Å². The number of para-hydroxylation sites is 2. The number of amides is 1. The quantitative estimate of drug-likeness (QED) is 0.443. The molecular formula is C21H25ClN4O2. The zero-order chi connectivity index (χ0) is 19.9. The number of nitrogens with one attached hydrogen (secondary N) is 2. The number of carbonyl (C=O) groups excluding carboxylic acids is 1. The Morgan fingerprint density at radius 3 is 2.75 bits per heavy atom. The first kappa shape index (κ1) is 20.0. The number of benzene rings is 2. The molecule has 3 rings (SSSR count). The lowest BCUT2D eigenvalue weighted by Crippen LogP contribution is -2.42. The Balaban J connectivity index is 1.49. The monoisotopic (exact) mass is 400 g/mol. The topological polar surface area (TPSA) is 66.0 Å². The second kappa shape index (κ2) is 9.46.